The lowest BCUT2D eigenvalue weighted by Crippen LogP contribution is -2.37. The zero-order valence-electron chi connectivity index (χ0n) is 11.9. The van der Waals surface area contributed by atoms with Crippen LogP contribution in [-0.2, 0) is 0 Å². The Morgan fingerprint density at radius 1 is 1.47 bits per heavy atom. The zero-order valence-corrected chi connectivity index (χ0v) is 11.9. The molecule has 104 valence electrons. The number of aromatic amines is 1. The van der Waals surface area contributed by atoms with Crippen molar-refractivity contribution in [3.05, 3.63) is 33.7 Å². The van der Waals surface area contributed by atoms with Gasteiger partial charge in [-0.1, -0.05) is 13.8 Å². The Balaban J connectivity index is 2.16. The summed E-state index contributed by atoms with van der Waals surface area (Å²) in [6.45, 7) is 6.85. The first-order valence-electron chi connectivity index (χ1n) is 6.99. The average Bonchev–Trinajstić information content (AvgIpc) is 3.13. The third kappa shape index (κ3) is 3.46. The van der Waals surface area contributed by atoms with Gasteiger partial charge >= 0.3 is 0 Å². The van der Waals surface area contributed by atoms with Gasteiger partial charge in [0.1, 0.15) is 5.56 Å². The van der Waals surface area contributed by atoms with Crippen LogP contribution in [0.25, 0.3) is 0 Å². The maximum absolute atomic E-state index is 12.5. The first-order chi connectivity index (χ1) is 8.99. The van der Waals surface area contributed by atoms with Crippen molar-refractivity contribution in [2.45, 2.75) is 46.1 Å². The van der Waals surface area contributed by atoms with Gasteiger partial charge in [0.05, 0.1) is 0 Å². The molecule has 0 radical (unpaired) electrons. The zero-order chi connectivity index (χ0) is 14.0. The van der Waals surface area contributed by atoms with Gasteiger partial charge in [0.2, 0.25) is 0 Å². The van der Waals surface area contributed by atoms with Crippen LogP contribution in [0.4, 0.5) is 0 Å². The van der Waals surface area contributed by atoms with E-state index in [0.717, 1.165) is 31.5 Å². The van der Waals surface area contributed by atoms with Crippen LogP contribution in [0.1, 0.15) is 49.2 Å². The first-order valence-corrected chi connectivity index (χ1v) is 6.99. The molecule has 0 bridgehead atoms. The fourth-order valence-corrected chi connectivity index (χ4v) is 2.13. The molecule has 1 amide bonds. The highest BCUT2D eigenvalue weighted by atomic mass is 16.2. The smallest absolute Gasteiger partial charge is 0.259 e. The second-order valence-corrected chi connectivity index (χ2v) is 5.81. The van der Waals surface area contributed by atoms with Gasteiger partial charge in [-0.3, -0.25) is 9.59 Å². The fraction of sp³-hybridized carbons (Fsp3) is 0.600. The van der Waals surface area contributed by atoms with E-state index in [1.54, 1.807) is 6.20 Å². The van der Waals surface area contributed by atoms with Crippen LogP contribution in [-0.4, -0.2) is 28.4 Å². The van der Waals surface area contributed by atoms with E-state index in [9.17, 15) is 9.59 Å². The molecule has 1 aliphatic carbocycles. The lowest BCUT2D eigenvalue weighted by Gasteiger charge is -2.23. The number of H-pyrrole nitrogens is 1. The van der Waals surface area contributed by atoms with Crippen molar-refractivity contribution < 1.29 is 4.79 Å². The van der Waals surface area contributed by atoms with Gasteiger partial charge in [0, 0.05) is 30.5 Å². The molecule has 1 aromatic heterocycles. The normalized spacial score (nSPS) is 14.7. The molecule has 4 heteroatoms. The second kappa shape index (κ2) is 5.59. The van der Waals surface area contributed by atoms with Crippen molar-refractivity contribution in [1.82, 2.24) is 9.88 Å². The van der Waals surface area contributed by atoms with Gasteiger partial charge in [-0.25, -0.2) is 0 Å². The standard InChI is InChI=1S/C15H22N2O2/c1-10(2)6-7-17(12-4-5-12)15(19)13-9-16-11(3)8-14(13)18/h8-10,12H,4-7H2,1-3H3,(H,16,18). The number of aromatic nitrogens is 1. The van der Waals surface area contributed by atoms with Crippen molar-refractivity contribution in [2.75, 3.05) is 6.54 Å². The number of aryl methyl sites for hydroxylation is 1. The monoisotopic (exact) mass is 262 g/mol. The van der Waals surface area contributed by atoms with Crippen molar-refractivity contribution in [2.24, 2.45) is 5.92 Å². The van der Waals surface area contributed by atoms with Crippen LogP contribution < -0.4 is 5.43 Å². The molecule has 1 heterocycles. The molecular weight excluding hydrogens is 240 g/mol. The van der Waals surface area contributed by atoms with Gasteiger partial charge in [-0.2, -0.15) is 0 Å². The Morgan fingerprint density at radius 2 is 2.16 bits per heavy atom. The number of hydrogen-bond donors (Lipinski definition) is 1. The van der Waals surface area contributed by atoms with Crippen molar-refractivity contribution in [1.29, 1.82) is 0 Å². The molecule has 0 aromatic carbocycles. The van der Waals surface area contributed by atoms with Gasteiger partial charge in [0.25, 0.3) is 5.91 Å². The van der Waals surface area contributed by atoms with Crippen LogP contribution in [0.15, 0.2) is 17.1 Å². The number of rotatable bonds is 5. The molecule has 1 saturated carbocycles. The summed E-state index contributed by atoms with van der Waals surface area (Å²) in [6.07, 6.45) is 4.65. The highest BCUT2D eigenvalue weighted by Gasteiger charge is 2.33. The molecule has 1 aromatic rings. The predicted molar refractivity (Wildman–Crippen MR) is 75.3 cm³/mol. The van der Waals surface area contributed by atoms with Gasteiger partial charge in [-0.05, 0) is 32.1 Å². The number of amides is 1. The van der Waals surface area contributed by atoms with Crippen LogP contribution in [0, 0.1) is 12.8 Å². The number of nitrogens with zero attached hydrogens (tertiary/aromatic N) is 1. The number of carbonyl (C=O) groups is 1. The highest BCUT2D eigenvalue weighted by molar-refractivity contribution is 5.94. The summed E-state index contributed by atoms with van der Waals surface area (Å²) in [5.41, 5.74) is 0.861. The molecule has 1 aliphatic rings. The summed E-state index contributed by atoms with van der Waals surface area (Å²) in [4.78, 5) is 29.2. The van der Waals surface area contributed by atoms with Crippen molar-refractivity contribution in [3.63, 3.8) is 0 Å². The summed E-state index contributed by atoms with van der Waals surface area (Å²) in [6, 6.07) is 1.83. The van der Waals surface area contributed by atoms with Crippen LogP contribution in [0.2, 0.25) is 0 Å². The lowest BCUT2D eigenvalue weighted by atomic mass is 10.1. The summed E-state index contributed by atoms with van der Waals surface area (Å²) in [5.74, 6) is 0.440. The summed E-state index contributed by atoms with van der Waals surface area (Å²) in [7, 11) is 0. The Morgan fingerprint density at radius 3 is 2.68 bits per heavy atom. The van der Waals surface area contributed by atoms with E-state index in [0.29, 0.717) is 12.0 Å². The molecule has 0 unspecified atom stereocenters. The highest BCUT2D eigenvalue weighted by Crippen LogP contribution is 2.28. The van der Waals surface area contributed by atoms with E-state index in [1.165, 1.54) is 6.07 Å². The van der Waals surface area contributed by atoms with Gasteiger partial charge in [0.15, 0.2) is 5.43 Å². The first kappa shape index (κ1) is 13.8. The van der Waals surface area contributed by atoms with Crippen LogP contribution in [0.5, 0.6) is 0 Å². The van der Waals surface area contributed by atoms with Crippen molar-refractivity contribution >= 4 is 5.91 Å². The fourth-order valence-electron chi connectivity index (χ4n) is 2.13. The quantitative estimate of drug-likeness (QED) is 0.885. The van der Waals surface area contributed by atoms with E-state index >= 15 is 0 Å². The Hall–Kier alpha value is -1.58. The average molecular weight is 262 g/mol. The minimum absolute atomic E-state index is 0.121. The lowest BCUT2D eigenvalue weighted by molar-refractivity contribution is 0.0733. The molecule has 19 heavy (non-hydrogen) atoms. The Labute approximate surface area is 113 Å². The van der Waals surface area contributed by atoms with Gasteiger partial charge in [-0.15, -0.1) is 0 Å². The molecule has 0 saturated heterocycles. The number of carbonyl (C=O) groups excluding carboxylic acids is 1. The number of hydrogen-bond acceptors (Lipinski definition) is 2. The summed E-state index contributed by atoms with van der Waals surface area (Å²) in [5, 5.41) is 0. The molecule has 4 nitrogen and oxygen atoms in total. The number of nitrogens with one attached hydrogen (secondary N) is 1. The van der Waals surface area contributed by atoms with Gasteiger partial charge < -0.3 is 9.88 Å². The Bertz CT molecular complexity index is 515. The largest absolute Gasteiger partial charge is 0.364 e. The predicted octanol–water partition coefficient (Wildman–Crippen LogP) is 2.33. The second-order valence-electron chi connectivity index (χ2n) is 5.81. The molecule has 2 rings (SSSR count). The third-order valence-corrected chi connectivity index (χ3v) is 3.48. The minimum Gasteiger partial charge on any atom is -0.364 e. The maximum atomic E-state index is 12.5. The molecule has 1 N–H and O–H groups in total. The van der Waals surface area contributed by atoms with E-state index in [2.05, 4.69) is 18.8 Å². The Kier molecular flexibility index (Phi) is 4.08. The van der Waals surface area contributed by atoms with Crippen molar-refractivity contribution in [3.8, 4) is 0 Å². The SMILES string of the molecule is Cc1cc(=O)c(C(=O)N(CCC(C)C)C2CC2)c[nH]1. The van der Waals surface area contributed by atoms with E-state index in [-0.39, 0.29) is 16.9 Å². The topological polar surface area (TPSA) is 53.2 Å². The van der Waals surface area contributed by atoms with E-state index in [4.69, 9.17) is 0 Å². The summed E-state index contributed by atoms with van der Waals surface area (Å²) < 4.78 is 0. The number of pyridine rings is 1. The molecular formula is C15H22N2O2. The third-order valence-electron chi connectivity index (χ3n) is 3.48. The molecule has 1 fully saturated rings. The maximum Gasteiger partial charge on any atom is 0.259 e. The van der Waals surface area contributed by atoms with E-state index < -0.39 is 0 Å². The molecule has 0 spiro atoms. The van der Waals surface area contributed by atoms with Crippen LogP contribution in [0.3, 0.4) is 0 Å². The van der Waals surface area contributed by atoms with Crippen LogP contribution >= 0.6 is 0 Å². The van der Waals surface area contributed by atoms with E-state index in [1.807, 2.05) is 11.8 Å². The molecule has 0 aliphatic heterocycles. The summed E-state index contributed by atoms with van der Waals surface area (Å²) >= 11 is 0. The molecule has 0 atom stereocenters. The minimum atomic E-state index is -0.184.